The molecule has 0 aliphatic carbocycles. The largest absolute Gasteiger partial charge is 0.481 e. The molecule has 60 heavy (non-hydrogen) atoms. The molecule has 0 aromatic rings. The molecule has 336 valence electrons. The maximum atomic E-state index is 13.7. The van der Waals surface area contributed by atoms with Gasteiger partial charge in [0.1, 0.15) is 42.3 Å². The minimum atomic E-state index is -1.93. The Kier molecular flexibility index (Phi) is 21.5. The molecule has 0 aromatic heterocycles. The number of nitrogens with two attached hydrogens (primary N) is 2. The normalized spacial score (nSPS) is 17.0. The van der Waals surface area contributed by atoms with Crippen LogP contribution in [0.3, 0.4) is 0 Å². The Morgan fingerprint density at radius 1 is 0.650 bits per heavy atom. The highest BCUT2D eigenvalue weighted by Crippen LogP contribution is 2.21. The molecule has 0 saturated carbocycles. The Morgan fingerprint density at radius 2 is 1.15 bits per heavy atom. The van der Waals surface area contributed by atoms with Crippen molar-refractivity contribution in [2.75, 3.05) is 18.6 Å². The van der Waals surface area contributed by atoms with E-state index in [1.54, 1.807) is 6.26 Å². The minimum absolute atomic E-state index is 0.0920. The summed E-state index contributed by atoms with van der Waals surface area (Å²) in [6.07, 6.45) is -1.29. The van der Waals surface area contributed by atoms with E-state index in [1.165, 1.54) is 30.5 Å². The number of thioether (sulfide) groups is 1. The van der Waals surface area contributed by atoms with Gasteiger partial charge in [0, 0.05) is 6.54 Å². The van der Waals surface area contributed by atoms with Crippen LogP contribution in [0.1, 0.15) is 65.7 Å². The second kappa shape index (κ2) is 24.8. The summed E-state index contributed by atoms with van der Waals surface area (Å²) in [5.41, 5.74) is 10.6. The van der Waals surface area contributed by atoms with Crippen molar-refractivity contribution in [3.05, 3.63) is 0 Å². The van der Waals surface area contributed by atoms with Gasteiger partial charge in [-0.25, -0.2) is 4.79 Å². The van der Waals surface area contributed by atoms with E-state index in [0.29, 0.717) is 12.2 Å². The zero-order valence-corrected chi connectivity index (χ0v) is 34.1. The number of hydrogen-bond donors (Lipinski definition) is 12. The maximum Gasteiger partial charge on any atom is 0.326 e. The number of carboxylic acid groups (broad SMARTS) is 4. The molecule has 8 atom stereocenters. The first-order valence-corrected chi connectivity index (χ1v) is 19.8. The zero-order chi connectivity index (χ0) is 46.0. The van der Waals surface area contributed by atoms with Crippen molar-refractivity contribution in [3.8, 4) is 0 Å². The topological polar surface area (TPSA) is 413 Å². The molecule has 8 amide bonds. The Balaban J connectivity index is 3.16. The third kappa shape index (κ3) is 17.4. The van der Waals surface area contributed by atoms with Crippen LogP contribution in [0.4, 0.5) is 0 Å². The van der Waals surface area contributed by atoms with Crippen molar-refractivity contribution in [2.24, 2.45) is 17.4 Å². The summed E-state index contributed by atoms with van der Waals surface area (Å²) in [6, 6.07) is -12.5. The van der Waals surface area contributed by atoms with Crippen LogP contribution in [-0.4, -0.2) is 163 Å². The third-order valence-electron chi connectivity index (χ3n) is 8.84. The molecule has 0 radical (unpaired) electrons. The Morgan fingerprint density at radius 3 is 1.63 bits per heavy atom. The van der Waals surface area contributed by atoms with Crippen molar-refractivity contribution >= 4 is 82.9 Å². The Hall–Kier alpha value is -6.05. The smallest absolute Gasteiger partial charge is 0.326 e. The third-order valence-corrected chi connectivity index (χ3v) is 9.48. The highest BCUT2D eigenvalue weighted by molar-refractivity contribution is 7.98. The van der Waals surface area contributed by atoms with Crippen LogP contribution < -0.4 is 43.4 Å². The number of carbonyl (C=O) groups is 12. The summed E-state index contributed by atoms with van der Waals surface area (Å²) in [4.78, 5) is 150. The van der Waals surface area contributed by atoms with Gasteiger partial charge in [0.15, 0.2) is 0 Å². The van der Waals surface area contributed by atoms with E-state index in [9.17, 15) is 72.9 Å². The highest BCUT2D eigenvalue weighted by Gasteiger charge is 2.40. The molecule has 14 N–H and O–H groups in total. The fraction of sp³-hybridized carbons (Fsp3) is 0.647. The van der Waals surface area contributed by atoms with Crippen molar-refractivity contribution in [2.45, 2.75) is 114 Å². The van der Waals surface area contributed by atoms with Gasteiger partial charge < -0.3 is 68.7 Å². The molecule has 26 heteroatoms. The summed E-state index contributed by atoms with van der Waals surface area (Å²) in [5, 5.41) is 50.3. The van der Waals surface area contributed by atoms with Crippen LogP contribution in [0.5, 0.6) is 0 Å². The first kappa shape index (κ1) is 52.0. The van der Waals surface area contributed by atoms with Crippen molar-refractivity contribution in [3.63, 3.8) is 0 Å². The molecule has 0 spiro atoms. The van der Waals surface area contributed by atoms with Gasteiger partial charge in [0.05, 0.1) is 31.7 Å². The summed E-state index contributed by atoms with van der Waals surface area (Å²) in [7, 11) is 0. The molecular formula is C34H53N9O16S. The van der Waals surface area contributed by atoms with E-state index < -0.39 is 151 Å². The maximum absolute atomic E-state index is 13.7. The van der Waals surface area contributed by atoms with Crippen LogP contribution in [-0.2, 0) is 57.5 Å². The second-order valence-electron chi connectivity index (χ2n) is 14.1. The van der Waals surface area contributed by atoms with Crippen LogP contribution in [0.2, 0.25) is 0 Å². The number of hydrogen-bond acceptors (Lipinski definition) is 14. The average Bonchev–Trinajstić information content (AvgIpc) is 3.63. The fourth-order valence-electron chi connectivity index (χ4n) is 5.72. The molecule has 1 heterocycles. The summed E-state index contributed by atoms with van der Waals surface area (Å²) < 4.78 is 0. The number of carbonyl (C=O) groups excluding carboxylic acids is 8. The summed E-state index contributed by atoms with van der Waals surface area (Å²) in [5.74, 6) is -14.8. The van der Waals surface area contributed by atoms with Gasteiger partial charge in [-0.15, -0.1) is 0 Å². The van der Waals surface area contributed by atoms with Gasteiger partial charge in [-0.2, -0.15) is 11.8 Å². The molecule has 0 unspecified atom stereocenters. The SMILES string of the molecule is CSCC[C@H](NC(=O)[C@@H](N)CC(=O)O)C(=O)N1CCC[C@H]1C(=O)N[C@H](C(=O)N[C@@H](CC(=O)O)C(=O)N[C@@H](C)C(=O)N[C@@H](CC(=O)O)C(=O)N[C@@H](CC(N)=O)C(=O)O)C(C)C. The molecule has 1 rings (SSSR count). The van der Waals surface area contributed by atoms with Crippen LogP contribution in [0.15, 0.2) is 0 Å². The first-order valence-electron chi connectivity index (χ1n) is 18.4. The number of aliphatic carboxylic acids is 4. The predicted octanol–water partition coefficient (Wildman–Crippen LogP) is -4.97. The number of amides is 8. The fourth-order valence-corrected chi connectivity index (χ4v) is 6.19. The zero-order valence-electron chi connectivity index (χ0n) is 33.3. The van der Waals surface area contributed by atoms with E-state index >= 15 is 0 Å². The molecule has 0 aromatic carbocycles. The molecular weight excluding hydrogens is 822 g/mol. The Bertz CT molecular complexity index is 1660. The van der Waals surface area contributed by atoms with E-state index in [1.807, 2.05) is 10.6 Å². The van der Waals surface area contributed by atoms with Crippen LogP contribution >= 0.6 is 11.8 Å². The van der Waals surface area contributed by atoms with Crippen LogP contribution in [0, 0.1) is 5.92 Å². The van der Waals surface area contributed by atoms with Gasteiger partial charge in [-0.1, -0.05) is 13.8 Å². The van der Waals surface area contributed by atoms with Gasteiger partial charge in [-0.05, 0) is 44.1 Å². The molecule has 0 bridgehead atoms. The standard InChI is InChI=1S/C34H53N9O16S/c1-14(2)26(42-31(55)21-6-5-8-43(21)33(57)17(7-9-60-4)38-28(52)16(35)10-23(45)46)32(56)40-18(12-24(47)48)29(53)37-15(3)27(51)39-19(13-25(49)50)30(54)41-20(34(58)59)11-22(36)44/h14-21,26H,5-13,35H2,1-4H3,(H2,36,44)(H,37,53)(H,38,52)(H,39,51)(H,40,56)(H,41,54)(H,42,55)(H,45,46)(H,47,48)(H,49,50)(H,58,59)/t15-,16-,17-,18-,19-,20-,21-,26-/m0/s1. The quantitative estimate of drug-likeness (QED) is 0.0387. The molecule has 1 aliphatic rings. The number of carboxylic acids is 4. The lowest BCUT2D eigenvalue weighted by Gasteiger charge is -2.31. The molecule has 1 saturated heterocycles. The van der Waals surface area contributed by atoms with Crippen molar-refractivity contribution < 1.29 is 78.0 Å². The molecule has 25 nitrogen and oxygen atoms in total. The number of primary amides is 1. The van der Waals surface area contributed by atoms with Crippen molar-refractivity contribution in [1.29, 1.82) is 0 Å². The van der Waals surface area contributed by atoms with Gasteiger partial charge >= 0.3 is 23.9 Å². The van der Waals surface area contributed by atoms with Gasteiger partial charge in [-0.3, -0.25) is 52.7 Å². The van der Waals surface area contributed by atoms with E-state index in [4.69, 9.17) is 16.6 Å². The molecule has 1 fully saturated rings. The highest BCUT2D eigenvalue weighted by atomic mass is 32.2. The summed E-state index contributed by atoms with van der Waals surface area (Å²) >= 11 is 1.36. The summed E-state index contributed by atoms with van der Waals surface area (Å²) in [6.45, 7) is 4.19. The lowest BCUT2D eigenvalue weighted by atomic mass is 10.0. The van der Waals surface area contributed by atoms with E-state index in [-0.39, 0.29) is 19.4 Å². The van der Waals surface area contributed by atoms with Gasteiger partial charge in [0.2, 0.25) is 47.3 Å². The van der Waals surface area contributed by atoms with Crippen LogP contribution in [0.25, 0.3) is 0 Å². The first-order chi connectivity index (χ1) is 27.9. The number of likely N-dealkylation sites (tertiary alicyclic amines) is 1. The van der Waals surface area contributed by atoms with E-state index in [0.717, 1.165) is 6.92 Å². The van der Waals surface area contributed by atoms with Gasteiger partial charge in [0.25, 0.3) is 0 Å². The number of nitrogens with one attached hydrogen (secondary N) is 6. The monoisotopic (exact) mass is 875 g/mol. The average molecular weight is 876 g/mol. The minimum Gasteiger partial charge on any atom is -0.481 e. The predicted molar refractivity (Wildman–Crippen MR) is 206 cm³/mol. The number of rotatable bonds is 26. The van der Waals surface area contributed by atoms with E-state index in [2.05, 4.69) is 21.3 Å². The number of nitrogens with zero attached hydrogens (tertiary/aromatic N) is 1. The Labute approximate surface area is 347 Å². The second-order valence-corrected chi connectivity index (χ2v) is 15.1. The molecule has 1 aliphatic heterocycles. The van der Waals surface area contributed by atoms with Crippen molar-refractivity contribution in [1.82, 2.24) is 36.8 Å². The lowest BCUT2D eigenvalue weighted by molar-refractivity contribution is -0.145. The lowest BCUT2D eigenvalue weighted by Crippen LogP contribution is -2.60.